The molecule has 168 valence electrons. The Morgan fingerprint density at radius 3 is 2.31 bits per heavy atom. The van der Waals surface area contributed by atoms with Crippen LogP contribution in [-0.4, -0.2) is 70.7 Å². The molecule has 1 aliphatic rings. The number of benzene rings is 1. The third-order valence-electron chi connectivity index (χ3n) is 5.83. The number of aromatic nitrogens is 4. The SMILES string of the molecule is COc1cccc(C(=O)N2CCN(c3cc(-n4cnc(C)c4C)nc(C)n3)CC2)c1OC. The van der Waals surface area contributed by atoms with Crippen molar-refractivity contribution in [3.05, 3.63) is 53.4 Å². The van der Waals surface area contributed by atoms with Crippen LogP contribution in [0.4, 0.5) is 5.82 Å². The van der Waals surface area contributed by atoms with Crippen LogP contribution in [0.15, 0.2) is 30.6 Å². The third kappa shape index (κ3) is 3.98. The van der Waals surface area contributed by atoms with Gasteiger partial charge in [0.2, 0.25) is 0 Å². The Labute approximate surface area is 187 Å². The quantitative estimate of drug-likeness (QED) is 0.608. The van der Waals surface area contributed by atoms with E-state index >= 15 is 0 Å². The monoisotopic (exact) mass is 436 g/mol. The van der Waals surface area contributed by atoms with Crippen molar-refractivity contribution in [1.82, 2.24) is 24.4 Å². The number of hydrogen-bond donors (Lipinski definition) is 0. The number of carbonyl (C=O) groups is 1. The average Bonchev–Trinajstić information content (AvgIpc) is 3.15. The van der Waals surface area contributed by atoms with Crippen LogP contribution in [0.25, 0.3) is 5.82 Å². The van der Waals surface area contributed by atoms with Gasteiger partial charge in [-0.1, -0.05) is 6.07 Å². The minimum atomic E-state index is -0.0653. The lowest BCUT2D eigenvalue weighted by molar-refractivity contribution is 0.0742. The van der Waals surface area contributed by atoms with E-state index in [-0.39, 0.29) is 5.91 Å². The summed E-state index contributed by atoms with van der Waals surface area (Å²) in [4.78, 5) is 30.8. The molecule has 3 heterocycles. The Bertz CT molecular complexity index is 1130. The first kappa shape index (κ1) is 21.6. The van der Waals surface area contributed by atoms with Gasteiger partial charge in [-0.2, -0.15) is 0 Å². The van der Waals surface area contributed by atoms with Gasteiger partial charge in [-0.25, -0.2) is 15.0 Å². The Morgan fingerprint density at radius 2 is 1.69 bits per heavy atom. The molecule has 2 aromatic heterocycles. The van der Waals surface area contributed by atoms with Crippen LogP contribution in [0.2, 0.25) is 0 Å². The molecule has 0 saturated carbocycles. The number of amides is 1. The molecule has 1 aromatic carbocycles. The van der Waals surface area contributed by atoms with Gasteiger partial charge in [0, 0.05) is 37.9 Å². The molecule has 0 N–H and O–H groups in total. The van der Waals surface area contributed by atoms with Crippen molar-refractivity contribution in [3.63, 3.8) is 0 Å². The van der Waals surface area contributed by atoms with Gasteiger partial charge in [-0.05, 0) is 32.9 Å². The summed E-state index contributed by atoms with van der Waals surface area (Å²) in [5.41, 5.74) is 2.53. The lowest BCUT2D eigenvalue weighted by atomic mass is 10.1. The molecule has 0 unspecified atom stereocenters. The third-order valence-corrected chi connectivity index (χ3v) is 5.83. The lowest BCUT2D eigenvalue weighted by Crippen LogP contribution is -2.49. The van der Waals surface area contributed by atoms with Crippen molar-refractivity contribution < 1.29 is 14.3 Å². The number of rotatable bonds is 5. The topological polar surface area (TPSA) is 85.6 Å². The Kier molecular flexibility index (Phi) is 5.98. The molecule has 9 heteroatoms. The van der Waals surface area contributed by atoms with Gasteiger partial charge < -0.3 is 19.3 Å². The normalized spacial score (nSPS) is 13.9. The van der Waals surface area contributed by atoms with Crippen LogP contribution >= 0.6 is 0 Å². The summed E-state index contributed by atoms with van der Waals surface area (Å²) in [6.07, 6.45) is 1.79. The van der Waals surface area contributed by atoms with Crippen molar-refractivity contribution >= 4 is 11.7 Å². The van der Waals surface area contributed by atoms with E-state index in [1.807, 2.05) is 36.3 Å². The van der Waals surface area contributed by atoms with Crippen molar-refractivity contribution in [2.24, 2.45) is 0 Å². The molecule has 0 spiro atoms. The van der Waals surface area contributed by atoms with E-state index in [0.29, 0.717) is 49.1 Å². The van der Waals surface area contributed by atoms with Crippen LogP contribution in [0.5, 0.6) is 11.5 Å². The van der Waals surface area contributed by atoms with Crippen molar-refractivity contribution in [2.75, 3.05) is 45.3 Å². The molecule has 0 bridgehead atoms. The second-order valence-corrected chi connectivity index (χ2v) is 7.74. The number of imidazole rings is 1. The standard InChI is InChI=1S/C23H28N6O3/c1-15-16(2)29(14-24-15)21-13-20(25-17(3)26-21)27-9-11-28(12-10-27)23(30)18-7-6-8-19(31-4)22(18)32-5/h6-8,13-14H,9-12H2,1-5H3. The fraction of sp³-hybridized carbons (Fsp3) is 0.391. The van der Waals surface area contributed by atoms with E-state index in [2.05, 4.69) is 19.9 Å². The summed E-state index contributed by atoms with van der Waals surface area (Å²) >= 11 is 0. The molecule has 4 rings (SSSR count). The first-order chi connectivity index (χ1) is 15.4. The summed E-state index contributed by atoms with van der Waals surface area (Å²) < 4.78 is 12.8. The molecule has 0 aliphatic carbocycles. The molecule has 1 amide bonds. The average molecular weight is 437 g/mol. The molecule has 9 nitrogen and oxygen atoms in total. The summed E-state index contributed by atoms with van der Waals surface area (Å²) in [5.74, 6) is 3.29. The molecule has 1 aliphatic heterocycles. The zero-order chi connectivity index (χ0) is 22.8. The Hall–Kier alpha value is -3.62. The summed E-state index contributed by atoms with van der Waals surface area (Å²) in [6.45, 7) is 8.42. The highest BCUT2D eigenvalue weighted by atomic mass is 16.5. The van der Waals surface area contributed by atoms with Crippen molar-refractivity contribution in [1.29, 1.82) is 0 Å². The predicted molar refractivity (Wildman–Crippen MR) is 121 cm³/mol. The van der Waals surface area contributed by atoms with Crippen LogP contribution < -0.4 is 14.4 Å². The fourth-order valence-corrected chi connectivity index (χ4v) is 3.92. The lowest BCUT2D eigenvalue weighted by Gasteiger charge is -2.35. The van der Waals surface area contributed by atoms with E-state index in [1.165, 1.54) is 0 Å². The largest absolute Gasteiger partial charge is 0.493 e. The van der Waals surface area contributed by atoms with E-state index in [4.69, 9.17) is 9.47 Å². The maximum absolute atomic E-state index is 13.2. The number of carbonyl (C=O) groups excluding carboxylic acids is 1. The van der Waals surface area contributed by atoms with Crippen LogP contribution in [-0.2, 0) is 0 Å². The van der Waals surface area contributed by atoms with Gasteiger partial charge in [0.1, 0.15) is 23.8 Å². The maximum atomic E-state index is 13.2. The number of aryl methyl sites for hydroxylation is 2. The molecular formula is C23H28N6O3. The number of anilines is 1. The molecule has 0 atom stereocenters. The highest BCUT2D eigenvalue weighted by molar-refractivity contribution is 5.98. The summed E-state index contributed by atoms with van der Waals surface area (Å²) in [5, 5.41) is 0. The molecule has 1 fully saturated rings. The van der Waals surface area contributed by atoms with Crippen molar-refractivity contribution in [2.45, 2.75) is 20.8 Å². The number of nitrogens with zero attached hydrogens (tertiary/aromatic N) is 6. The van der Waals surface area contributed by atoms with Gasteiger partial charge in [-0.15, -0.1) is 0 Å². The van der Waals surface area contributed by atoms with E-state index < -0.39 is 0 Å². The molecule has 1 saturated heterocycles. The molecular weight excluding hydrogens is 408 g/mol. The minimum Gasteiger partial charge on any atom is -0.493 e. The summed E-state index contributed by atoms with van der Waals surface area (Å²) in [7, 11) is 3.11. The second kappa shape index (κ2) is 8.86. The smallest absolute Gasteiger partial charge is 0.257 e. The fourth-order valence-electron chi connectivity index (χ4n) is 3.92. The van der Waals surface area contributed by atoms with Crippen LogP contribution in [0, 0.1) is 20.8 Å². The summed E-state index contributed by atoms with van der Waals surface area (Å²) in [6, 6.07) is 7.33. The van der Waals surface area contributed by atoms with Crippen LogP contribution in [0.3, 0.4) is 0 Å². The van der Waals surface area contributed by atoms with E-state index in [0.717, 1.165) is 23.0 Å². The Morgan fingerprint density at radius 1 is 0.969 bits per heavy atom. The molecule has 32 heavy (non-hydrogen) atoms. The highest BCUT2D eigenvalue weighted by Crippen LogP contribution is 2.32. The van der Waals surface area contributed by atoms with Gasteiger partial charge in [-0.3, -0.25) is 9.36 Å². The van der Waals surface area contributed by atoms with Gasteiger partial charge in [0.15, 0.2) is 11.5 Å². The van der Waals surface area contributed by atoms with Gasteiger partial charge in [0.05, 0.1) is 25.5 Å². The predicted octanol–water partition coefficient (Wildman–Crippen LogP) is 2.57. The van der Waals surface area contributed by atoms with Gasteiger partial charge >= 0.3 is 0 Å². The Balaban J connectivity index is 1.51. The number of methoxy groups -OCH3 is 2. The number of ether oxygens (including phenoxy) is 2. The first-order valence-corrected chi connectivity index (χ1v) is 10.5. The molecule has 3 aromatic rings. The van der Waals surface area contributed by atoms with E-state index in [1.54, 1.807) is 38.7 Å². The number of hydrogen-bond acceptors (Lipinski definition) is 7. The first-order valence-electron chi connectivity index (χ1n) is 10.5. The van der Waals surface area contributed by atoms with Crippen LogP contribution in [0.1, 0.15) is 27.6 Å². The highest BCUT2D eigenvalue weighted by Gasteiger charge is 2.26. The van der Waals surface area contributed by atoms with Crippen molar-refractivity contribution in [3.8, 4) is 17.3 Å². The van der Waals surface area contributed by atoms with E-state index in [9.17, 15) is 4.79 Å². The number of piperazine rings is 1. The maximum Gasteiger partial charge on any atom is 0.257 e. The molecule has 0 radical (unpaired) electrons. The van der Waals surface area contributed by atoms with Gasteiger partial charge in [0.25, 0.3) is 5.91 Å². The zero-order valence-electron chi connectivity index (χ0n) is 19.1. The number of para-hydroxylation sites is 1. The minimum absolute atomic E-state index is 0.0653. The zero-order valence-corrected chi connectivity index (χ0v) is 19.1. The second-order valence-electron chi connectivity index (χ2n) is 7.74.